The standard InChI is InChI=1S/C20H24N4O4S/c1-2-6-24-7-5-15-14(10-24)19(26)23-20(22-15)29-11-18(25)21-9-13-3-4-16-17(8-13)28-12-27-16/h3-4,8H,2,5-7,9-12H2,1H3,(H,21,25)(H,22,23,26). The summed E-state index contributed by atoms with van der Waals surface area (Å²) in [6, 6.07) is 5.59. The summed E-state index contributed by atoms with van der Waals surface area (Å²) in [7, 11) is 0. The molecule has 0 atom stereocenters. The van der Waals surface area contributed by atoms with Crippen molar-refractivity contribution in [2.24, 2.45) is 0 Å². The summed E-state index contributed by atoms with van der Waals surface area (Å²) in [5.74, 6) is 1.48. The summed E-state index contributed by atoms with van der Waals surface area (Å²) in [5, 5.41) is 3.37. The van der Waals surface area contributed by atoms with Crippen molar-refractivity contribution in [3.8, 4) is 11.5 Å². The first kappa shape index (κ1) is 19.8. The van der Waals surface area contributed by atoms with Gasteiger partial charge in [0.25, 0.3) is 5.56 Å². The Morgan fingerprint density at radius 1 is 1.34 bits per heavy atom. The normalized spacial score (nSPS) is 15.2. The number of aromatic amines is 1. The molecule has 9 heteroatoms. The van der Waals surface area contributed by atoms with Gasteiger partial charge in [-0.25, -0.2) is 4.98 Å². The molecule has 8 nitrogen and oxygen atoms in total. The van der Waals surface area contributed by atoms with Crippen LogP contribution in [0, 0.1) is 0 Å². The van der Waals surface area contributed by atoms with E-state index in [1.807, 2.05) is 18.2 Å². The lowest BCUT2D eigenvalue weighted by Crippen LogP contribution is -2.36. The SMILES string of the molecule is CCCN1CCc2nc(SCC(=O)NCc3ccc4c(c3)OCO4)[nH]c(=O)c2C1. The highest BCUT2D eigenvalue weighted by Gasteiger charge is 2.21. The quantitative estimate of drug-likeness (QED) is 0.524. The van der Waals surface area contributed by atoms with E-state index in [1.54, 1.807) is 0 Å². The van der Waals surface area contributed by atoms with E-state index in [0.29, 0.717) is 24.0 Å². The number of nitrogens with one attached hydrogen (secondary N) is 2. The van der Waals surface area contributed by atoms with Gasteiger partial charge >= 0.3 is 0 Å². The second-order valence-corrected chi connectivity index (χ2v) is 8.04. The van der Waals surface area contributed by atoms with Crippen LogP contribution in [0.2, 0.25) is 0 Å². The molecule has 2 aromatic rings. The van der Waals surface area contributed by atoms with Gasteiger partial charge in [-0.2, -0.15) is 0 Å². The monoisotopic (exact) mass is 416 g/mol. The molecule has 0 bridgehead atoms. The molecule has 0 radical (unpaired) electrons. The molecule has 154 valence electrons. The number of fused-ring (bicyclic) bond motifs is 2. The minimum absolute atomic E-state index is 0.0981. The topological polar surface area (TPSA) is 96.6 Å². The van der Waals surface area contributed by atoms with Gasteiger partial charge in [-0.1, -0.05) is 24.8 Å². The smallest absolute Gasteiger partial charge is 0.256 e. The summed E-state index contributed by atoms with van der Waals surface area (Å²) in [6.45, 7) is 5.31. The van der Waals surface area contributed by atoms with Crippen LogP contribution in [0.4, 0.5) is 0 Å². The summed E-state index contributed by atoms with van der Waals surface area (Å²) < 4.78 is 10.6. The van der Waals surface area contributed by atoms with Crippen molar-refractivity contribution in [3.05, 3.63) is 45.4 Å². The summed E-state index contributed by atoms with van der Waals surface area (Å²) in [4.78, 5) is 34.3. The van der Waals surface area contributed by atoms with Crippen LogP contribution in [0.1, 0.15) is 30.2 Å². The number of nitrogens with zero attached hydrogens (tertiary/aromatic N) is 2. The largest absolute Gasteiger partial charge is 0.454 e. The fourth-order valence-electron chi connectivity index (χ4n) is 3.47. The van der Waals surface area contributed by atoms with Gasteiger partial charge in [-0.3, -0.25) is 14.5 Å². The molecule has 3 heterocycles. The Kier molecular flexibility index (Phi) is 6.05. The molecule has 4 rings (SSSR count). The molecule has 1 aromatic heterocycles. The second-order valence-electron chi connectivity index (χ2n) is 7.08. The zero-order valence-electron chi connectivity index (χ0n) is 16.3. The van der Waals surface area contributed by atoms with Crippen LogP contribution in [0.25, 0.3) is 0 Å². The number of rotatable bonds is 7. The van der Waals surface area contributed by atoms with Gasteiger partial charge in [0.1, 0.15) is 0 Å². The molecule has 1 amide bonds. The number of hydrogen-bond acceptors (Lipinski definition) is 7. The fourth-order valence-corrected chi connectivity index (χ4v) is 4.18. The third kappa shape index (κ3) is 4.73. The molecule has 2 N–H and O–H groups in total. The molecule has 2 aliphatic heterocycles. The first-order chi connectivity index (χ1) is 14.1. The summed E-state index contributed by atoms with van der Waals surface area (Å²) in [6.07, 6.45) is 1.83. The van der Waals surface area contributed by atoms with Gasteiger partial charge in [0.05, 0.1) is 17.0 Å². The number of carbonyl (C=O) groups excluding carboxylic acids is 1. The van der Waals surface area contributed by atoms with E-state index in [1.165, 1.54) is 11.8 Å². The molecule has 0 saturated carbocycles. The summed E-state index contributed by atoms with van der Waals surface area (Å²) in [5.41, 5.74) is 2.44. The number of aromatic nitrogens is 2. The molecular formula is C20H24N4O4S. The maximum atomic E-state index is 12.4. The van der Waals surface area contributed by atoms with Crippen molar-refractivity contribution in [1.29, 1.82) is 0 Å². The molecule has 0 spiro atoms. The highest BCUT2D eigenvalue weighted by atomic mass is 32.2. The number of hydrogen-bond donors (Lipinski definition) is 2. The van der Waals surface area contributed by atoms with E-state index in [4.69, 9.17) is 9.47 Å². The fraction of sp³-hybridized carbons (Fsp3) is 0.450. The Morgan fingerprint density at radius 3 is 3.07 bits per heavy atom. The molecule has 0 fully saturated rings. The lowest BCUT2D eigenvalue weighted by Gasteiger charge is -2.27. The van der Waals surface area contributed by atoms with Crippen molar-refractivity contribution >= 4 is 17.7 Å². The van der Waals surface area contributed by atoms with Crippen molar-refractivity contribution in [3.63, 3.8) is 0 Å². The zero-order valence-corrected chi connectivity index (χ0v) is 17.1. The van der Waals surface area contributed by atoms with Crippen LogP contribution in [-0.2, 0) is 24.3 Å². The lowest BCUT2D eigenvalue weighted by molar-refractivity contribution is -0.118. The van der Waals surface area contributed by atoms with Gasteiger partial charge in [-0.05, 0) is 30.7 Å². The van der Waals surface area contributed by atoms with Crippen molar-refractivity contribution in [1.82, 2.24) is 20.2 Å². The van der Waals surface area contributed by atoms with Crippen molar-refractivity contribution in [2.75, 3.05) is 25.6 Å². The Balaban J connectivity index is 1.30. The van der Waals surface area contributed by atoms with Gasteiger partial charge in [0.2, 0.25) is 12.7 Å². The molecule has 0 aliphatic carbocycles. The Hall–Kier alpha value is -2.52. The van der Waals surface area contributed by atoms with E-state index in [2.05, 4.69) is 27.1 Å². The van der Waals surface area contributed by atoms with Gasteiger partial charge < -0.3 is 19.8 Å². The third-order valence-electron chi connectivity index (χ3n) is 4.93. The molecule has 1 aromatic carbocycles. The van der Waals surface area contributed by atoms with Gasteiger partial charge in [-0.15, -0.1) is 0 Å². The minimum Gasteiger partial charge on any atom is -0.454 e. The third-order valence-corrected chi connectivity index (χ3v) is 5.81. The zero-order chi connectivity index (χ0) is 20.2. The molecule has 0 unspecified atom stereocenters. The van der Waals surface area contributed by atoms with Crippen LogP contribution >= 0.6 is 11.8 Å². The van der Waals surface area contributed by atoms with Crippen molar-refractivity contribution in [2.45, 2.75) is 38.0 Å². The van der Waals surface area contributed by atoms with E-state index in [-0.39, 0.29) is 24.0 Å². The van der Waals surface area contributed by atoms with Crippen molar-refractivity contribution < 1.29 is 14.3 Å². The number of amides is 1. The van der Waals surface area contributed by atoms with Crippen LogP contribution in [0.3, 0.4) is 0 Å². The predicted octanol–water partition coefficient (Wildman–Crippen LogP) is 1.68. The number of thioether (sulfide) groups is 1. The van der Waals surface area contributed by atoms with Gasteiger partial charge in [0.15, 0.2) is 16.7 Å². The molecule has 0 saturated heterocycles. The van der Waals surface area contributed by atoms with Crippen LogP contribution in [0.15, 0.2) is 28.2 Å². The highest BCUT2D eigenvalue weighted by molar-refractivity contribution is 7.99. The van der Waals surface area contributed by atoms with E-state index in [0.717, 1.165) is 48.5 Å². The lowest BCUT2D eigenvalue weighted by atomic mass is 10.1. The molecule has 29 heavy (non-hydrogen) atoms. The maximum Gasteiger partial charge on any atom is 0.256 e. The number of ether oxygens (including phenoxy) is 2. The minimum atomic E-state index is -0.123. The average molecular weight is 417 g/mol. The van der Waals surface area contributed by atoms with Crippen LogP contribution in [0.5, 0.6) is 11.5 Å². The number of H-pyrrole nitrogens is 1. The first-order valence-electron chi connectivity index (χ1n) is 9.75. The van der Waals surface area contributed by atoms with Crippen LogP contribution < -0.4 is 20.3 Å². The summed E-state index contributed by atoms with van der Waals surface area (Å²) >= 11 is 1.24. The predicted molar refractivity (Wildman–Crippen MR) is 109 cm³/mol. The highest BCUT2D eigenvalue weighted by Crippen LogP contribution is 2.32. The Labute approximate surface area is 173 Å². The Morgan fingerprint density at radius 2 is 2.21 bits per heavy atom. The number of carbonyl (C=O) groups is 1. The Bertz CT molecular complexity index is 962. The first-order valence-corrected chi connectivity index (χ1v) is 10.7. The number of benzene rings is 1. The van der Waals surface area contributed by atoms with E-state index in [9.17, 15) is 9.59 Å². The second kappa shape index (κ2) is 8.87. The van der Waals surface area contributed by atoms with Crippen LogP contribution in [-0.4, -0.2) is 46.4 Å². The van der Waals surface area contributed by atoms with E-state index >= 15 is 0 Å². The average Bonchev–Trinajstić information content (AvgIpc) is 3.19. The molecular weight excluding hydrogens is 392 g/mol. The van der Waals surface area contributed by atoms with Gasteiger partial charge in [0, 0.05) is 26.1 Å². The van der Waals surface area contributed by atoms with E-state index < -0.39 is 0 Å². The molecule has 2 aliphatic rings. The maximum absolute atomic E-state index is 12.4.